The summed E-state index contributed by atoms with van der Waals surface area (Å²) in [5.41, 5.74) is 0.362. The van der Waals surface area contributed by atoms with Crippen LogP contribution in [0.2, 0.25) is 0 Å². The minimum absolute atomic E-state index is 0.145. The first-order valence-corrected chi connectivity index (χ1v) is 6.89. The Balaban J connectivity index is 2.14. The van der Waals surface area contributed by atoms with Gasteiger partial charge in [-0.15, -0.1) is 0 Å². The molecule has 0 unspecified atom stereocenters. The molecular weight excluding hydrogens is 277 g/mol. The Morgan fingerprint density at radius 3 is 2.10 bits per heavy atom. The van der Waals surface area contributed by atoms with Crippen LogP contribution in [-0.2, 0) is 6.18 Å². The van der Waals surface area contributed by atoms with Gasteiger partial charge in [-0.3, -0.25) is 0 Å². The second-order valence-corrected chi connectivity index (χ2v) is 4.83. The van der Waals surface area contributed by atoms with E-state index in [9.17, 15) is 13.2 Å². The molecule has 0 saturated heterocycles. The molecule has 4 heteroatoms. The average molecular weight is 294 g/mol. The Bertz CT molecular complexity index is 546. The van der Waals surface area contributed by atoms with Gasteiger partial charge < -0.3 is 4.74 Å². The quantitative estimate of drug-likeness (QED) is 0.695. The van der Waals surface area contributed by atoms with Crippen LogP contribution in [0.4, 0.5) is 13.2 Å². The van der Waals surface area contributed by atoms with Gasteiger partial charge in [0.15, 0.2) is 0 Å². The fourth-order valence-corrected chi connectivity index (χ4v) is 2.11. The fraction of sp³-hybridized carbons (Fsp3) is 0.294. The third kappa shape index (κ3) is 4.25. The van der Waals surface area contributed by atoms with Crippen LogP contribution >= 0.6 is 0 Å². The van der Waals surface area contributed by atoms with E-state index >= 15 is 0 Å². The fourth-order valence-electron chi connectivity index (χ4n) is 2.11. The van der Waals surface area contributed by atoms with E-state index in [4.69, 9.17) is 4.74 Å². The van der Waals surface area contributed by atoms with Gasteiger partial charge in [-0.25, -0.2) is 0 Å². The van der Waals surface area contributed by atoms with Crippen molar-refractivity contribution < 1.29 is 17.9 Å². The van der Waals surface area contributed by atoms with Crippen LogP contribution in [0.15, 0.2) is 54.6 Å². The summed E-state index contributed by atoms with van der Waals surface area (Å²) in [6, 6.07) is 14.5. The van der Waals surface area contributed by atoms with Crippen molar-refractivity contribution in [3.63, 3.8) is 0 Å². The van der Waals surface area contributed by atoms with E-state index in [1.807, 2.05) is 37.3 Å². The number of benzene rings is 2. The molecule has 2 aromatic rings. The summed E-state index contributed by atoms with van der Waals surface area (Å²) in [6.07, 6.45) is -2.72. The van der Waals surface area contributed by atoms with E-state index in [0.29, 0.717) is 5.75 Å². The maximum atomic E-state index is 12.5. The number of alkyl halides is 3. The maximum Gasteiger partial charge on any atom is 0.416 e. The predicted octanol–water partition coefficient (Wildman–Crippen LogP) is 5.63. The topological polar surface area (TPSA) is 9.23 Å². The number of rotatable bonds is 5. The van der Waals surface area contributed by atoms with Gasteiger partial charge in [-0.1, -0.05) is 43.7 Å². The molecule has 0 spiro atoms. The molecule has 1 nitrogen and oxygen atoms in total. The highest BCUT2D eigenvalue weighted by Gasteiger charge is 2.30. The summed E-state index contributed by atoms with van der Waals surface area (Å²) < 4.78 is 43.4. The lowest BCUT2D eigenvalue weighted by atomic mass is 10.1. The van der Waals surface area contributed by atoms with Gasteiger partial charge in [0, 0.05) is 0 Å². The summed E-state index contributed by atoms with van der Waals surface area (Å²) >= 11 is 0. The standard InChI is InChI=1S/C17H17F3O/c1-2-6-16(13-7-4-3-5-8-13)21-15-11-9-14(10-12-15)17(18,19)20/h3-5,7-12,16H,2,6H2,1H3/t16-/m0/s1. The molecule has 0 aliphatic carbocycles. The zero-order valence-electron chi connectivity index (χ0n) is 11.7. The molecule has 0 aromatic heterocycles. The third-order valence-corrected chi connectivity index (χ3v) is 3.18. The smallest absolute Gasteiger partial charge is 0.416 e. The molecule has 112 valence electrons. The van der Waals surface area contributed by atoms with Crippen molar-refractivity contribution in [1.29, 1.82) is 0 Å². The second kappa shape index (κ2) is 6.66. The first-order chi connectivity index (χ1) is 10.0. The zero-order valence-corrected chi connectivity index (χ0v) is 11.7. The van der Waals surface area contributed by atoms with Crippen molar-refractivity contribution in [3.05, 3.63) is 65.7 Å². The SMILES string of the molecule is CCC[C@H](Oc1ccc(C(F)(F)F)cc1)c1ccccc1. The summed E-state index contributed by atoms with van der Waals surface area (Å²) in [6.45, 7) is 2.05. The summed E-state index contributed by atoms with van der Waals surface area (Å²) in [5, 5.41) is 0. The van der Waals surface area contributed by atoms with Crippen molar-refractivity contribution >= 4 is 0 Å². The number of halogens is 3. The average Bonchev–Trinajstić information content (AvgIpc) is 2.47. The van der Waals surface area contributed by atoms with E-state index in [2.05, 4.69) is 0 Å². The Hall–Kier alpha value is -1.97. The van der Waals surface area contributed by atoms with Crippen molar-refractivity contribution in [2.45, 2.75) is 32.0 Å². The molecule has 0 N–H and O–H groups in total. The van der Waals surface area contributed by atoms with Crippen molar-refractivity contribution in [2.24, 2.45) is 0 Å². The Labute approximate surface area is 122 Å². The monoisotopic (exact) mass is 294 g/mol. The highest BCUT2D eigenvalue weighted by atomic mass is 19.4. The van der Waals surface area contributed by atoms with Crippen LogP contribution in [0.5, 0.6) is 5.75 Å². The molecular formula is C17H17F3O. The molecule has 2 rings (SSSR count). The lowest BCUT2D eigenvalue weighted by Gasteiger charge is -2.19. The van der Waals surface area contributed by atoms with Gasteiger partial charge in [0.05, 0.1) is 5.56 Å². The van der Waals surface area contributed by atoms with Crippen LogP contribution in [-0.4, -0.2) is 0 Å². The van der Waals surface area contributed by atoms with Gasteiger partial charge in [0.1, 0.15) is 11.9 Å². The third-order valence-electron chi connectivity index (χ3n) is 3.18. The molecule has 21 heavy (non-hydrogen) atoms. The zero-order chi connectivity index (χ0) is 15.3. The predicted molar refractivity (Wildman–Crippen MR) is 76.2 cm³/mol. The number of hydrogen-bond donors (Lipinski definition) is 0. The Morgan fingerprint density at radius 1 is 0.952 bits per heavy atom. The normalized spacial score (nSPS) is 13.0. The minimum atomic E-state index is -4.32. The summed E-state index contributed by atoms with van der Waals surface area (Å²) in [5.74, 6) is 0.449. The molecule has 0 amide bonds. The Kier molecular flexibility index (Phi) is 4.89. The van der Waals surface area contributed by atoms with E-state index in [0.717, 1.165) is 30.5 Å². The van der Waals surface area contributed by atoms with Gasteiger partial charge in [-0.05, 0) is 36.2 Å². The summed E-state index contributed by atoms with van der Waals surface area (Å²) in [4.78, 5) is 0. The molecule has 0 saturated carbocycles. The molecule has 1 atom stereocenters. The second-order valence-electron chi connectivity index (χ2n) is 4.83. The molecule has 0 heterocycles. The summed E-state index contributed by atoms with van der Waals surface area (Å²) in [7, 11) is 0. The highest BCUT2D eigenvalue weighted by Crippen LogP contribution is 2.32. The van der Waals surface area contributed by atoms with Crippen molar-refractivity contribution in [2.75, 3.05) is 0 Å². The van der Waals surface area contributed by atoms with Crippen LogP contribution < -0.4 is 4.74 Å². The van der Waals surface area contributed by atoms with Gasteiger partial charge in [0.2, 0.25) is 0 Å². The molecule has 0 aliphatic rings. The van der Waals surface area contributed by atoms with Gasteiger partial charge >= 0.3 is 6.18 Å². The molecule has 2 aromatic carbocycles. The lowest BCUT2D eigenvalue weighted by Crippen LogP contribution is -2.08. The molecule has 0 aliphatic heterocycles. The van der Waals surface area contributed by atoms with Crippen molar-refractivity contribution in [1.82, 2.24) is 0 Å². The first-order valence-electron chi connectivity index (χ1n) is 6.89. The highest BCUT2D eigenvalue weighted by molar-refractivity contribution is 5.30. The van der Waals surface area contributed by atoms with Crippen molar-refractivity contribution in [3.8, 4) is 5.75 Å². The largest absolute Gasteiger partial charge is 0.486 e. The number of hydrogen-bond acceptors (Lipinski definition) is 1. The van der Waals surface area contributed by atoms with E-state index in [-0.39, 0.29) is 6.10 Å². The van der Waals surface area contributed by atoms with E-state index < -0.39 is 11.7 Å². The lowest BCUT2D eigenvalue weighted by molar-refractivity contribution is -0.137. The first kappa shape index (κ1) is 15.4. The minimum Gasteiger partial charge on any atom is -0.486 e. The molecule has 0 radical (unpaired) electrons. The Morgan fingerprint density at radius 2 is 1.57 bits per heavy atom. The van der Waals surface area contributed by atoms with E-state index in [1.165, 1.54) is 12.1 Å². The van der Waals surface area contributed by atoms with E-state index in [1.54, 1.807) is 0 Å². The maximum absolute atomic E-state index is 12.5. The molecule has 0 bridgehead atoms. The number of ether oxygens (including phenoxy) is 1. The molecule has 0 fully saturated rings. The van der Waals surface area contributed by atoms with Crippen LogP contribution in [0, 0.1) is 0 Å². The van der Waals surface area contributed by atoms with Gasteiger partial charge in [0.25, 0.3) is 0 Å². The van der Waals surface area contributed by atoms with Crippen LogP contribution in [0.25, 0.3) is 0 Å². The van der Waals surface area contributed by atoms with Crippen LogP contribution in [0.3, 0.4) is 0 Å². The van der Waals surface area contributed by atoms with Crippen LogP contribution in [0.1, 0.15) is 37.0 Å². The van der Waals surface area contributed by atoms with Gasteiger partial charge in [-0.2, -0.15) is 13.2 Å².